The van der Waals surface area contributed by atoms with E-state index in [-0.39, 0.29) is 0 Å². The first-order valence-corrected chi connectivity index (χ1v) is 7.78. The Labute approximate surface area is 93.3 Å². The quantitative estimate of drug-likeness (QED) is 0.656. The van der Waals surface area contributed by atoms with Gasteiger partial charge in [0.25, 0.3) is 0 Å². The highest BCUT2D eigenvalue weighted by Crippen LogP contribution is 2.91. The molecule has 0 spiro atoms. The van der Waals surface area contributed by atoms with Crippen molar-refractivity contribution in [1.29, 1.82) is 0 Å². The molecule has 0 unspecified atom stereocenters. The Morgan fingerprint density at radius 2 is 0.933 bits per heavy atom. The molecule has 4 nitrogen and oxygen atoms in total. The van der Waals surface area contributed by atoms with Gasteiger partial charge >= 0.3 is 0 Å². The molecule has 0 rings (SSSR count). The second-order valence-electron chi connectivity index (χ2n) is 3.63. The highest BCUT2D eigenvalue weighted by Gasteiger charge is 2.59. The summed E-state index contributed by atoms with van der Waals surface area (Å²) in [5, 5.41) is 0. The molecule has 0 aliphatic rings. The first kappa shape index (κ1) is 15.2. The summed E-state index contributed by atoms with van der Waals surface area (Å²) in [6, 6.07) is 0. The van der Waals surface area contributed by atoms with E-state index in [0.29, 0.717) is 11.5 Å². The van der Waals surface area contributed by atoms with Crippen LogP contribution in [0.3, 0.4) is 0 Å². The molecule has 0 saturated heterocycles. The standard InChI is InChI=1S/C10H26O4S/c1-7-9-15(11-3,12-4,13-5,14-6)10-8-2/h7-10H2,1-6H3. The van der Waals surface area contributed by atoms with Crippen LogP contribution in [0.4, 0.5) is 0 Å². The summed E-state index contributed by atoms with van der Waals surface area (Å²) in [4.78, 5) is 0. The van der Waals surface area contributed by atoms with Crippen LogP contribution in [-0.2, 0) is 16.7 Å². The van der Waals surface area contributed by atoms with E-state index in [1.165, 1.54) is 0 Å². The largest absolute Gasteiger partial charge is 0.297 e. The summed E-state index contributed by atoms with van der Waals surface area (Å²) >= 11 is 0. The van der Waals surface area contributed by atoms with Crippen LogP contribution in [0.15, 0.2) is 0 Å². The van der Waals surface area contributed by atoms with Gasteiger partial charge in [0, 0.05) is 20.9 Å². The van der Waals surface area contributed by atoms with Crippen LogP contribution in [0, 0.1) is 0 Å². The maximum Gasteiger partial charge on any atom is 0.0532 e. The van der Waals surface area contributed by atoms with Gasteiger partial charge < -0.3 is 0 Å². The zero-order chi connectivity index (χ0) is 12.1. The van der Waals surface area contributed by atoms with E-state index in [0.717, 1.165) is 12.8 Å². The second kappa shape index (κ2) is 4.59. The van der Waals surface area contributed by atoms with Crippen molar-refractivity contribution < 1.29 is 16.7 Å². The fraction of sp³-hybridized carbons (Fsp3) is 1.00. The molecule has 0 fully saturated rings. The van der Waals surface area contributed by atoms with Crippen LogP contribution >= 0.6 is 9.42 Å². The van der Waals surface area contributed by atoms with Gasteiger partial charge in [-0.05, 0) is 12.8 Å². The molecule has 0 saturated carbocycles. The lowest BCUT2D eigenvalue weighted by Gasteiger charge is -2.74. The summed E-state index contributed by atoms with van der Waals surface area (Å²) in [6.07, 6.45) is 1.76. The van der Waals surface area contributed by atoms with Crippen molar-refractivity contribution >= 4 is 9.42 Å². The third-order valence-corrected chi connectivity index (χ3v) is 9.37. The predicted molar refractivity (Wildman–Crippen MR) is 65.9 cm³/mol. The third kappa shape index (κ3) is 2.03. The molecule has 0 radical (unpaired) electrons. The molecule has 0 heterocycles. The van der Waals surface area contributed by atoms with E-state index in [1.807, 2.05) is 0 Å². The van der Waals surface area contributed by atoms with Crippen molar-refractivity contribution in [2.45, 2.75) is 26.7 Å². The molecule has 0 aromatic heterocycles. The monoisotopic (exact) mass is 242 g/mol. The minimum absolute atomic E-state index is 0.633. The van der Waals surface area contributed by atoms with E-state index in [1.54, 1.807) is 28.4 Å². The SMILES string of the molecule is CCCS(CCC)(OC)(OC)(OC)OC. The molecular weight excluding hydrogens is 216 g/mol. The van der Waals surface area contributed by atoms with E-state index < -0.39 is 9.42 Å². The average Bonchev–Trinajstić information content (AvgIpc) is 2.30. The topological polar surface area (TPSA) is 36.9 Å². The maximum atomic E-state index is 5.69. The van der Waals surface area contributed by atoms with Crippen LogP contribution < -0.4 is 0 Å². The fourth-order valence-corrected chi connectivity index (χ4v) is 6.40. The van der Waals surface area contributed by atoms with Crippen molar-refractivity contribution in [3.05, 3.63) is 0 Å². The first-order chi connectivity index (χ1) is 6.97. The van der Waals surface area contributed by atoms with Gasteiger partial charge in [0.1, 0.15) is 0 Å². The van der Waals surface area contributed by atoms with Crippen molar-refractivity contribution in [2.75, 3.05) is 39.9 Å². The lowest BCUT2D eigenvalue weighted by Crippen LogP contribution is -2.48. The minimum atomic E-state index is -3.71. The zero-order valence-electron chi connectivity index (χ0n) is 10.9. The van der Waals surface area contributed by atoms with E-state index in [4.69, 9.17) is 16.7 Å². The number of rotatable bonds is 8. The van der Waals surface area contributed by atoms with Crippen LogP contribution in [0.2, 0.25) is 0 Å². The third-order valence-electron chi connectivity index (χ3n) is 3.12. The van der Waals surface area contributed by atoms with Gasteiger partial charge in [0.2, 0.25) is 0 Å². The predicted octanol–water partition coefficient (Wildman–Crippen LogP) is 2.93. The van der Waals surface area contributed by atoms with E-state index in [2.05, 4.69) is 13.8 Å². The van der Waals surface area contributed by atoms with Gasteiger partial charge in [-0.25, -0.2) is 0 Å². The molecule has 5 heteroatoms. The Bertz CT molecular complexity index is 174. The van der Waals surface area contributed by atoms with E-state index in [9.17, 15) is 0 Å². The lowest BCUT2D eigenvalue weighted by atomic mass is 10.6. The Kier molecular flexibility index (Phi) is 4.65. The highest BCUT2D eigenvalue weighted by molar-refractivity contribution is 8.50. The molecule has 0 bridgehead atoms. The van der Waals surface area contributed by atoms with Crippen LogP contribution in [0.5, 0.6) is 0 Å². The van der Waals surface area contributed by atoms with Gasteiger partial charge in [-0.2, -0.15) is 0 Å². The van der Waals surface area contributed by atoms with Gasteiger partial charge in [-0.15, -0.1) is 0 Å². The molecule has 0 aliphatic heterocycles. The van der Waals surface area contributed by atoms with Crippen molar-refractivity contribution in [1.82, 2.24) is 0 Å². The Balaban J connectivity index is 5.59. The van der Waals surface area contributed by atoms with Crippen molar-refractivity contribution in [3.63, 3.8) is 0 Å². The molecule has 0 aromatic rings. The molecule has 0 aromatic carbocycles. The summed E-state index contributed by atoms with van der Waals surface area (Å²) in [5.74, 6) is 1.27. The lowest BCUT2D eigenvalue weighted by molar-refractivity contribution is 0.100. The summed E-state index contributed by atoms with van der Waals surface area (Å²) in [5.41, 5.74) is 0. The molecule has 0 amide bonds. The average molecular weight is 242 g/mol. The Morgan fingerprint density at radius 3 is 1.07 bits per heavy atom. The first-order valence-electron chi connectivity index (χ1n) is 5.29. The van der Waals surface area contributed by atoms with Gasteiger partial charge in [-0.3, -0.25) is 16.7 Å². The minimum Gasteiger partial charge on any atom is -0.297 e. The summed E-state index contributed by atoms with van der Waals surface area (Å²) < 4.78 is 22.8. The molecule has 0 N–H and O–H groups in total. The molecule has 96 valence electrons. The normalized spacial score (nSPS) is 17.2. The molecule has 15 heavy (non-hydrogen) atoms. The van der Waals surface area contributed by atoms with Gasteiger partial charge in [0.15, 0.2) is 0 Å². The molecule has 0 atom stereocenters. The number of hydrogen-bond donors (Lipinski definition) is 0. The molecule has 0 aliphatic carbocycles. The maximum absolute atomic E-state index is 5.69. The second-order valence-corrected chi connectivity index (χ2v) is 8.89. The summed E-state index contributed by atoms with van der Waals surface area (Å²) in [6.45, 7) is 4.12. The summed E-state index contributed by atoms with van der Waals surface area (Å²) in [7, 11) is 2.69. The fourth-order valence-electron chi connectivity index (χ4n) is 2.13. The van der Waals surface area contributed by atoms with Crippen LogP contribution in [0.1, 0.15) is 26.7 Å². The van der Waals surface area contributed by atoms with Crippen LogP contribution in [0.25, 0.3) is 0 Å². The van der Waals surface area contributed by atoms with E-state index >= 15 is 0 Å². The Hall–Kier alpha value is 0.190. The van der Waals surface area contributed by atoms with Crippen molar-refractivity contribution in [2.24, 2.45) is 0 Å². The van der Waals surface area contributed by atoms with Gasteiger partial charge in [0.05, 0.1) is 28.4 Å². The smallest absolute Gasteiger partial charge is 0.0532 e. The number of hydrogen-bond acceptors (Lipinski definition) is 4. The van der Waals surface area contributed by atoms with Gasteiger partial charge in [-0.1, -0.05) is 13.8 Å². The highest BCUT2D eigenvalue weighted by atomic mass is 32.4. The van der Waals surface area contributed by atoms with Crippen molar-refractivity contribution in [3.8, 4) is 0 Å². The zero-order valence-corrected chi connectivity index (χ0v) is 11.7. The Morgan fingerprint density at radius 1 is 0.667 bits per heavy atom. The van der Waals surface area contributed by atoms with Crippen LogP contribution in [-0.4, -0.2) is 39.9 Å². The molecular formula is C10H26O4S.